The van der Waals surface area contributed by atoms with E-state index in [0.717, 1.165) is 27.8 Å². The van der Waals surface area contributed by atoms with Gasteiger partial charge in [0.2, 0.25) is 0 Å². The van der Waals surface area contributed by atoms with Crippen molar-refractivity contribution in [1.82, 2.24) is 0 Å². The second kappa shape index (κ2) is 6.57. The number of allylic oxidation sites excluding steroid dienone is 1. The minimum absolute atomic E-state index is 0.260. The molecule has 2 heteroatoms. The van der Waals surface area contributed by atoms with E-state index >= 15 is 0 Å². The molecule has 0 N–H and O–H groups in total. The molecule has 0 amide bonds. The van der Waals surface area contributed by atoms with E-state index in [2.05, 4.69) is 0 Å². The second-order valence-corrected chi connectivity index (χ2v) is 5.38. The molecule has 114 valence electrons. The van der Waals surface area contributed by atoms with Crippen LogP contribution in [0.2, 0.25) is 0 Å². The van der Waals surface area contributed by atoms with Gasteiger partial charge in [-0.2, -0.15) is 0 Å². The van der Waals surface area contributed by atoms with Crippen molar-refractivity contribution >= 4 is 11.1 Å². The van der Waals surface area contributed by atoms with Crippen molar-refractivity contribution < 1.29 is 8.78 Å². The van der Waals surface area contributed by atoms with Gasteiger partial charge in [-0.3, -0.25) is 0 Å². The summed E-state index contributed by atoms with van der Waals surface area (Å²) in [7, 11) is 0. The fourth-order valence-electron chi connectivity index (χ4n) is 2.67. The van der Waals surface area contributed by atoms with E-state index in [-0.39, 0.29) is 11.6 Å². The number of hydrogen-bond donors (Lipinski definition) is 0. The minimum Gasteiger partial charge on any atom is -0.207 e. The Morgan fingerprint density at radius 2 is 1.00 bits per heavy atom. The SMILES string of the molecule is C/C(=C(/c1ccccc1)c1ccc(F)cc1)c1ccc(F)cc1. The number of rotatable bonds is 3. The summed E-state index contributed by atoms with van der Waals surface area (Å²) in [6, 6.07) is 22.8. The summed E-state index contributed by atoms with van der Waals surface area (Å²) in [4.78, 5) is 0. The van der Waals surface area contributed by atoms with Crippen LogP contribution in [0.4, 0.5) is 8.78 Å². The molecule has 0 saturated heterocycles. The summed E-state index contributed by atoms with van der Waals surface area (Å²) in [5.74, 6) is -0.523. The Morgan fingerprint density at radius 1 is 0.565 bits per heavy atom. The lowest BCUT2D eigenvalue weighted by Crippen LogP contribution is -1.93. The van der Waals surface area contributed by atoms with E-state index in [0.29, 0.717) is 0 Å². The summed E-state index contributed by atoms with van der Waals surface area (Å²) in [6.07, 6.45) is 0. The molecular weight excluding hydrogens is 290 g/mol. The monoisotopic (exact) mass is 306 g/mol. The summed E-state index contributed by atoms with van der Waals surface area (Å²) in [5.41, 5.74) is 4.94. The average Bonchev–Trinajstić information content (AvgIpc) is 2.58. The molecule has 23 heavy (non-hydrogen) atoms. The first kappa shape index (κ1) is 15.2. The van der Waals surface area contributed by atoms with Crippen LogP contribution in [-0.2, 0) is 0 Å². The second-order valence-electron chi connectivity index (χ2n) is 5.38. The Morgan fingerprint density at radius 3 is 1.52 bits per heavy atom. The predicted molar refractivity (Wildman–Crippen MR) is 90.8 cm³/mol. The van der Waals surface area contributed by atoms with Gasteiger partial charge in [0.15, 0.2) is 0 Å². The van der Waals surface area contributed by atoms with E-state index in [1.165, 1.54) is 24.3 Å². The third-order valence-corrected chi connectivity index (χ3v) is 3.85. The van der Waals surface area contributed by atoms with Crippen LogP contribution in [0, 0.1) is 11.6 Å². The van der Waals surface area contributed by atoms with Crippen LogP contribution in [0.1, 0.15) is 23.6 Å². The topological polar surface area (TPSA) is 0 Å². The van der Waals surface area contributed by atoms with E-state index < -0.39 is 0 Å². The summed E-state index contributed by atoms with van der Waals surface area (Å²) < 4.78 is 26.4. The van der Waals surface area contributed by atoms with E-state index in [4.69, 9.17) is 0 Å². The van der Waals surface area contributed by atoms with Crippen molar-refractivity contribution in [3.8, 4) is 0 Å². The molecule has 0 fully saturated rings. The van der Waals surface area contributed by atoms with Gasteiger partial charge in [0.05, 0.1) is 0 Å². The maximum absolute atomic E-state index is 13.3. The standard InChI is InChI=1S/C21H16F2/c1-15(16-7-11-19(22)12-8-16)21(17-5-3-2-4-6-17)18-9-13-20(23)14-10-18/h2-14H,1H3/b21-15+. The molecule has 0 saturated carbocycles. The Labute approximate surface area is 134 Å². The van der Waals surface area contributed by atoms with Crippen LogP contribution in [0.5, 0.6) is 0 Å². The smallest absolute Gasteiger partial charge is 0.123 e. The molecule has 0 spiro atoms. The Bertz CT molecular complexity index is 814. The highest BCUT2D eigenvalue weighted by Crippen LogP contribution is 2.32. The highest BCUT2D eigenvalue weighted by atomic mass is 19.1. The van der Waals surface area contributed by atoms with Crippen LogP contribution in [0.25, 0.3) is 11.1 Å². The molecule has 0 aliphatic carbocycles. The van der Waals surface area contributed by atoms with Gasteiger partial charge >= 0.3 is 0 Å². The molecule has 0 unspecified atom stereocenters. The van der Waals surface area contributed by atoms with Gasteiger partial charge in [0.1, 0.15) is 11.6 Å². The Balaban J connectivity index is 2.20. The Hall–Kier alpha value is -2.74. The van der Waals surface area contributed by atoms with Gasteiger partial charge in [-0.05, 0) is 59.0 Å². The van der Waals surface area contributed by atoms with Crippen molar-refractivity contribution in [2.24, 2.45) is 0 Å². The van der Waals surface area contributed by atoms with Crippen LogP contribution in [0.3, 0.4) is 0 Å². The zero-order valence-electron chi connectivity index (χ0n) is 12.8. The van der Waals surface area contributed by atoms with Crippen molar-refractivity contribution in [1.29, 1.82) is 0 Å². The van der Waals surface area contributed by atoms with Gasteiger partial charge in [-0.15, -0.1) is 0 Å². The van der Waals surface area contributed by atoms with Crippen LogP contribution in [-0.4, -0.2) is 0 Å². The summed E-state index contributed by atoms with van der Waals surface area (Å²) in [5, 5.41) is 0. The molecule has 0 aliphatic heterocycles. The van der Waals surface area contributed by atoms with E-state index in [9.17, 15) is 8.78 Å². The molecule has 0 radical (unpaired) electrons. The van der Waals surface area contributed by atoms with Gasteiger partial charge < -0.3 is 0 Å². The molecule has 0 bridgehead atoms. The van der Waals surface area contributed by atoms with Gasteiger partial charge in [0.25, 0.3) is 0 Å². The molecule has 0 atom stereocenters. The lowest BCUT2D eigenvalue weighted by molar-refractivity contribution is 0.627. The molecule has 3 aromatic rings. The molecule has 3 rings (SSSR count). The van der Waals surface area contributed by atoms with Crippen molar-refractivity contribution in [3.05, 3.63) is 107 Å². The number of halogens is 2. The normalized spacial score (nSPS) is 12.0. The van der Waals surface area contributed by atoms with Gasteiger partial charge in [-0.1, -0.05) is 54.6 Å². The quantitative estimate of drug-likeness (QED) is 0.525. The van der Waals surface area contributed by atoms with Crippen molar-refractivity contribution in [2.45, 2.75) is 6.92 Å². The lowest BCUT2D eigenvalue weighted by atomic mass is 9.90. The molecule has 0 aliphatic rings. The van der Waals surface area contributed by atoms with Crippen molar-refractivity contribution in [3.63, 3.8) is 0 Å². The third-order valence-electron chi connectivity index (χ3n) is 3.85. The number of benzene rings is 3. The van der Waals surface area contributed by atoms with Crippen LogP contribution in [0.15, 0.2) is 78.9 Å². The average molecular weight is 306 g/mol. The van der Waals surface area contributed by atoms with E-state index in [1.807, 2.05) is 37.3 Å². The first-order valence-electron chi connectivity index (χ1n) is 7.43. The molecular formula is C21H16F2. The fraction of sp³-hybridized carbons (Fsp3) is 0.0476. The highest BCUT2D eigenvalue weighted by molar-refractivity contribution is 5.97. The van der Waals surface area contributed by atoms with Crippen LogP contribution < -0.4 is 0 Å². The van der Waals surface area contributed by atoms with Gasteiger partial charge in [0, 0.05) is 0 Å². The third kappa shape index (κ3) is 3.37. The highest BCUT2D eigenvalue weighted by Gasteiger charge is 2.11. The van der Waals surface area contributed by atoms with Gasteiger partial charge in [-0.25, -0.2) is 8.78 Å². The largest absolute Gasteiger partial charge is 0.207 e. The first-order chi connectivity index (χ1) is 11.1. The summed E-state index contributed by atoms with van der Waals surface area (Å²) >= 11 is 0. The lowest BCUT2D eigenvalue weighted by Gasteiger charge is -2.14. The maximum atomic E-state index is 13.3. The zero-order chi connectivity index (χ0) is 16.2. The molecule has 3 aromatic carbocycles. The summed E-state index contributed by atoms with van der Waals surface area (Å²) in [6.45, 7) is 2.00. The first-order valence-corrected chi connectivity index (χ1v) is 7.43. The Kier molecular flexibility index (Phi) is 4.33. The molecule has 0 nitrogen and oxygen atoms in total. The van der Waals surface area contributed by atoms with Crippen molar-refractivity contribution in [2.75, 3.05) is 0 Å². The molecule has 0 heterocycles. The number of hydrogen-bond acceptors (Lipinski definition) is 0. The fourth-order valence-corrected chi connectivity index (χ4v) is 2.67. The predicted octanol–water partition coefficient (Wildman–Crippen LogP) is 5.94. The zero-order valence-corrected chi connectivity index (χ0v) is 12.8. The van der Waals surface area contributed by atoms with Crippen LogP contribution >= 0.6 is 0 Å². The minimum atomic E-state index is -0.263. The molecule has 0 aromatic heterocycles. The maximum Gasteiger partial charge on any atom is 0.123 e. The van der Waals surface area contributed by atoms with E-state index in [1.54, 1.807) is 24.3 Å².